The van der Waals surface area contributed by atoms with Gasteiger partial charge in [-0.3, -0.25) is 0 Å². The molecule has 1 heterocycles. The zero-order chi connectivity index (χ0) is 10.9. The van der Waals surface area contributed by atoms with E-state index in [0.717, 1.165) is 29.7 Å². The minimum Gasteiger partial charge on any atom is -0.453 e. The second kappa shape index (κ2) is 4.28. The molecular formula is C11H16BrNO2. The number of hydrogen-bond acceptors (Lipinski definition) is 3. The largest absolute Gasteiger partial charge is 0.453 e. The maximum Gasteiger partial charge on any atom is 0.169 e. The van der Waals surface area contributed by atoms with Gasteiger partial charge in [-0.2, -0.15) is 0 Å². The number of hydrogen-bond donors (Lipinski definition) is 2. The number of nitrogens with one attached hydrogen (secondary N) is 1. The maximum atomic E-state index is 9.91. The van der Waals surface area contributed by atoms with E-state index in [1.54, 1.807) is 0 Å². The highest BCUT2D eigenvalue weighted by atomic mass is 79.9. The van der Waals surface area contributed by atoms with Crippen molar-refractivity contribution in [1.82, 2.24) is 5.32 Å². The Morgan fingerprint density at radius 1 is 1.60 bits per heavy atom. The van der Waals surface area contributed by atoms with E-state index in [1.807, 2.05) is 19.1 Å². The standard InChI is InChI=1S/C11H16BrNO2/c1-8(9-3-4-10(12)15-9)13-7-11(14)5-2-6-11/h3-4,8,13-14H,2,5-7H2,1H3. The van der Waals surface area contributed by atoms with Crippen LogP contribution in [0.15, 0.2) is 21.2 Å². The molecule has 1 fully saturated rings. The van der Waals surface area contributed by atoms with E-state index < -0.39 is 5.60 Å². The lowest BCUT2D eigenvalue weighted by Crippen LogP contribution is -2.46. The highest BCUT2D eigenvalue weighted by molar-refractivity contribution is 9.10. The minimum absolute atomic E-state index is 0.140. The number of aliphatic hydroxyl groups is 1. The summed E-state index contributed by atoms with van der Waals surface area (Å²) in [5.74, 6) is 0.893. The van der Waals surface area contributed by atoms with Crippen molar-refractivity contribution >= 4 is 15.9 Å². The summed E-state index contributed by atoms with van der Waals surface area (Å²) in [6, 6.07) is 3.96. The number of rotatable bonds is 4. The molecule has 0 radical (unpaired) electrons. The average molecular weight is 274 g/mol. The summed E-state index contributed by atoms with van der Waals surface area (Å²) >= 11 is 3.27. The van der Waals surface area contributed by atoms with Gasteiger partial charge in [0.05, 0.1) is 11.6 Å². The Morgan fingerprint density at radius 2 is 2.33 bits per heavy atom. The highest BCUT2D eigenvalue weighted by Gasteiger charge is 2.34. The van der Waals surface area contributed by atoms with Crippen molar-refractivity contribution in [2.24, 2.45) is 0 Å². The summed E-state index contributed by atoms with van der Waals surface area (Å²) in [6.07, 6.45) is 2.96. The van der Waals surface area contributed by atoms with Crippen LogP contribution < -0.4 is 5.32 Å². The summed E-state index contributed by atoms with van der Waals surface area (Å²) in [6.45, 7) is 2.68. The van der Waals surface area contributed by atoms with Crippen molar-refractivity contribution in [1.29, 1.82) is 0 Å². The first-order chi connectivity index (χ1) is 7.09. The molecule has 1 saturated carbocycles. The van der Waals surface area contributed by atoms with E-state index in [-0.39, 0.29) is 6.04 Å². The minimum atomic E-state index is -0.474. The molecule has 1 atom stereocenters. The van der Waals surface area contributed by atoms with E-state index >= 15 is 0 Å². The lowest BCUT2D eigenvalue weighted by Gasteiger charge is -2.37. The lowest BCUT2D eigenvalue weighted by molar-refractivity contribution is -0.0333. The molecule has 4 heteroatoms. The SMILES string of the molecule is CC(NCC1(O)CCC1)c1ccc(Br)o1. The monoisotopic (exact) mass is 273 g/mol. The molecule has 1 aromatic rings. The second-order valence-corrected chi connectivity index (χ2v) is 5.10. The van der Waals surface area contributed by atoms with Crippen molar-refractivity contribution in [3.8, 4) is 0 Å². The zero-order valence-corrected chi connectivity index (χ0v) is 10.4. The van der Waals surface area contributed by atoms with Crippen molar-refractivity contribution < 1.29 is 9.52 Å². The molecule has 0 spiro atoms. The Morgan fingerprint density at radius 3 is 2.80 bits per heavy atom. The molecule has 0 aromatic carbocycles. The molecule has 3 nitrogen and oxygen atoms in total. The molecule has 1 unspecified atom stereocenters. The molecule has 0 bridgehead atoms. The third-order valence-corrected chi connectivity index (χ3v) is 3.47. The molecule has 1 aromatic heterocycles. The van der Waals surface area contributed by atoms with Crippen LogP contribution in [-0.2, 0) is 0 Å². The van der Waals surface area contributed by atoms with Gasteiger partial charge in [-0.05, 0) is 54.2 Å². The van der Waals surface area contributed by atoms with E-state index in [1.165, 1.54) is 0 Å². The normalized spacial score (nSPS) is 21.0. The third-order valence-electron chi connectivity index (χ3n) is 3.04. The average Bonchev–Trinajstić information content (AvgIpc) is 2.58. The lowest BCUT2D eigenvalue weighted by atomic mass is 9.80. The summed E-state index contributed by atoms with van der Waals surface area (Å²) in [5, 5.41) is 13.2. The summed E-state index contributed by atoms with van der Waals surface area (Å²) in [4.78, 5) is 0. The van der Waals surface area contributed by atoms with E-state index in [9.17, 15) is 5.11 Å². The Labute approximate surface area is 98.0 Å². The van der Waals surface area contributed by atoms with Gasteiger partial charge >= 0.3 is 0 Å². The summed E-state index contributed by atoms with van der Waals surface area (Å²) < 4.78 is 6.18. The van der Waals surface area contributed by atoms with Crippen LogP contribution in [0.3, 0.4) is 0 Å². The van der Waals surface area contributed by atoms with Crippen LogP contribution in [0.5, 0.6) is 0 Å². The first-order valence-corrected chi connectivity index (χ1v) is 6.09. The van der Waals surface area contributed by atoms with Crippen LogP contribution in [-0.4, -0.2) is 17.3 Å². The Bertz CT molecular complexity index is 333. The fraction of sp³-hybridized carbons (Fsp3) is 0.636. The van der Waals surface area contributed by atoms with Gasteiger partial charge in [0.25, 0.3) is 0 Å². The molecule has 2 rings (SSSR count). The first kappa shape index (κ1) is 11.2. The van der Waals surface area contributed by atoms with Crippen molar-refractivity contribution in [2.75, 3.05) is 6.54 Å². The van der Waals surface area contributed by atoms with Crippen molar-refractivity contribution in [3.63, 3.8) is 0 Å². The molecule has 0 aliphatic heterocycles. The molecule has 1 aliphatic rings. The third kappa shape index (κ3) is 2.62. The van der Waals surface area contributed by atoms with Crippen LogP contribution in [0, 0.1) is 0 Å². The molecule has 84 valence electrons. The van der Waals surface area contributed by atoms with Crippen molar-refractivity contribution in [2.45, 2.75) is 37.8 Å². The van der Waals surface area contributed by atoms with Gasteiger partial charge in [0.15, 0.2) is 4.67 Å². The van der Waals surface area contributed by atoms with Gasteiger partial charge in [0.1, 0.15) is 5.76 Å². The van der Waals surface area contributed by atoms with Crippen LogP contribution in [0.2, 0.25) is 0 Å². The fourth-order valence-corrected chi connectivity index (χ4v) is 2.09. The molecule has 15 heavy (non-hydrogen) atoms. The Balaban J connectivity index is 1.84. The molecule has 2 N–H and O–H groups in total. The predicted octanol–water partition coefficient (Wildman–Crippen LogP) is 2.61. The van der Waals surface area contributed by atoms with Gasteiger partial charge < -0.3 is 14.8 Å². The quantitative estimate of drug-likeness (QED) is 0.887. The highest BCUT2D eigenvalue weighted by Crippen LogP contribution is 2.31. The Hall–Kier alpha value is -0.320. The van der Waals surface area contributed by atoms with Gasteiger partial charge in [-0.1, -0.05) is 0 Å². The van der Waals surface area contributed by atoms with Gasteiger partial charge in [0, 0.05) is 6.54 Å². The number of furan rings is 1. The smallest absolute Gasteiger partial charge is 0.169 e. The predicted molar refractivity (Wildman–Crippen MR) is 61.6 cm³/mol. The van der Waals surface area contributed by atoms with Gasteiger partial charge in [-0.25, -0.2) is 0 Å². The van der Waals surface area contributed by atoms with Gasteiger partial charge in [-0.15, -0.1) is 0 Å². The van der Waals surface area contributed by atoms with E-state index in [2.05, 4.69) is 21.2 Å². The van der Waals surface area contributed by atoms with Crippen LogP contribution in [0.25, 0.3) is 0 Å². The molecule has 0 amide bonds. The summed E-state index contributed by atoms with van der Waals surface area (Å²) in [7, 11) is 0. The second-order valence-electron chi connectivity index (χ2n) is 4.32. The molecular weight excluding hydrogens is 258 g/mol. The van der Waals surface area contributed by atoms with Crippen LogP contribution in [0.1, 0.15) is 38.0 Å². The van der Waals surface area contributed by atoms with E-state index in [0.29, 0.717) is 6.54 Å². The fourth-order valence-electron chi connectivity index (χ4n) is 1.77. The number of halogens is 1. The first-order valence-electron chi connectivity index (χ1n) is 5.30. The van der Waals surface area contributed by atoms with Crippen LogP contribution >= 0.6 is 15.9 Å². The van der Waals surface area contributed by atoms with E-state index in [4.69, 9.17) is 4.42 Å². The maximum absolute atomic E-state index is 9.91. The zero-order valence-electron chi connectivity index (χ0n) is 8.79. The topological polar surface area (TPSA) is 45.4 Å². The summed E-state index contributed by atoms with van der Waals surface area (Å²) in [5.41, 5.74) is -0.474. The van der Waals surface area contributed by atoms with Gasteiger partial charge in [0.2, 0.25) is 0 Å². The molecule has 0 saturated heterocycles. The Kier molecular flexibility index (Phi) is 3.19. The van der Waals surface area contributed by atoms with Crippen molar-refractivity contribution in [3.05, 3.63) is 22.6 Å². The molecule has 1 aliphatic carbocycles. The van der Waals surface area contributed by atoms with Crippen LogP contribution in [0.4, 0.5) is 0 Å².